The molecule has 0 aliphatic carbocycles. The number of likely N-dealkylation sites (tertiary alicyclic amines) is 1. The second-order valence-corrected chi connectivity index (χ2v) is 4.69. The number of piperidine rings is 1. The fourth-order valence-electron chi connectivity index (χ4n) is 1.99. The maximum atomic E-state index is 8.70. The quantitative estimate of drug-likeness (QED) is 0.635. The molecule has 0 aromatic carbocycles. The van der Waals surface area contributed by atoms with Gasteiger partial charge in [-0.25, -0.2) is 0 Å². The first-order valence-electron chi connectivity index (χ1n) is 5.07. The van der Waals surface area contributed by atoms with Gasteiger partial charge in [0.2, 0.25) is 0 Å². The van der Waals surface area contributed by atoms with E-state index < -0.39 is 0 Å². The van der Waals surface area contributed by atoms with Crippen LogP contribution < -0.4 is 0 Å². The number of hydrogen-bond acceptors (Lipinski definition) is 1. The lowest BCUT2D eigenvalue weighted by Gasteiger charge is -2.37. The Labute approximate surface area is 75.8 Å². The van der Waals surface area contributed by atoms with E-state index in [-0.39, 0.29) is 0 Å². The van der Waals surface area contributed by atoms with Gasteiger partial charge in [0.25, 0.3) is 0 Å². The van der Waals surface area contributed by atoms with Crippen LogP contribution in [0.3, 0.4) is 0 Å². The van der Waals surface area contributed by atoms with Crippen LogP contribution in [0.4, 0.5) is 0 Å². The number of nitrogens with zero attached hydrogens (tertiary/aromatic N) is 1. The van der Waals surface area contributed by atoms with E-state index >= 15 is 0 Å². The largest absolute Gasteiger partial charge is 0.396 e. The van der Waals surface area contributed by atoms with Gasteiger partial charge in [0.05, 0.1) is 27.2 Å². The molecule has 0 aromatic rings. The smallest absolute Gasteiger partial charge is 0.0785 e. The van der Waals surface area contributed by atoms with E-state index in [4.69, 9.17) is 5.11 Å². The summed E-state index contributed by atoms with van der Waals surface area (Å²) in [6, 6.07) is 0. The zero-order chi connectivity index (χ0) is 9.03. The van der Waals surface area contributed by atoms with Gasteiger partial charge in [0.1, 0.15) is 0 Å². The van der Waals surface area contributed by atoms with Crippen molar-refractivity contribution in [3.05, 3.63) is 0 Å². The van der Waals surface area contributed by atoms with Crippen molar-refractivity contribution >= 4 is 0 Å². The van der Waals surface area contributed by atoms with Gasteiger partial charge in [-0.05, 0) is 31.6 Å². The molecule has 1 fully saturated rings. The van der Waals surface area contributed by atoms with Crippen LogP contribution in [-0.2, 0) is 0 Å². The Morgan fingerprint density at radius 3 is 2.33 bits per heavy atom. The average molecular weight is 172 g/mol. The van der Waals surface area contributed by atoms with E-state index in [1.807, 2.05) is 0 Å². The third-order valence-electron chi connectivity index (χ3n) is 3.06. The molecule has 12 heavy (non-hydrogen) atoms. The minimum Gasteiger partial charge on any atom is -0.396 e. The minimum atomic E-state index is 0.370. The average Bonchev–Trinajstić information content (AvgIpc) is 2.03. The highest BCUT2D eigenvalue weighted by molar-refractivity contribution is 4.63. The van der Waals surface area contributed by atoms with Crippen molar-refractivity contribution in [3.8, 4) is 0 Å². The van der Waals surface area contributed by atoms with Crippen LogP contribution in [0.15, 0.2) is 0 Å². The van der Waals surface area contributed by atoms with Crippen LogP contribution in [0.1, 0.15) is 25.7 Å². The first kappa shape index (κ1) is 10.0. The minimum absolute atomic E-state index is 0.370. The van der Waals surface area contributed by atoms with Gasteiger partial charge < -0.3 is 9.59 Å². The molecule has 2 nitrogen and oxygen atoms in total. The predicted octanol–water partition coefficient (Wildman–Crippen LogP) is 1.25. The summed E-state index contributed by atoms with van der Waals surface area (Å²) in [6.07, 6.45) is 4.94. The molecule has 0 spiro atoms. The maximum absolute atomic E-state index is 8.70. The van der Waals surface area contributed by atoms with Crippen LogP contribution in [0, 0.1) is 5.92 Å². The molecular formula is C10H22NO+. The summed E-state index contributed by atoms with van der Waals surface area (Å²) >= 11 is 0. The molecule has 0 atom stereocenters. The molecule has 0 radical (unpaired) electrons. The van der Waals surface area contributed by atoms with Crippen molar-refractivity contribution in [1.29, 1.82) is 0 Å². The van der Waals surface area contributed by atoms with Crippen molar-refractivity contribution in [2.45, 2.75) is 25.7 Å². The predicted molar refractivity (Wildman–Crippen MR) is 50.9 cm³/mol. The lowest BCUT2D eigenvalue weighted by atomic mass is 9.91. The Hall–Kier alpha value is -0.0800. The molecule has 0 aromatic heterocycles. The molecule has 1 N–H and O–H groups in total. The summed E-state index contributed by atoms with van der Waals surface area (Å²) in [5.74, 6) is 0.892. The van der Waals surface area contributed by atoms with E-state index in [0.29, 0.717) is 6.61 Å². The fraction of sp³-hybridized carbons (Fsp3) is 1.00. The van der Waals surface area contributed by atoms with Gasteiger partial charge in [-0.2, -0.15) is 0 Å². The standard InChI is InChI=1S/C10H22NO/c1-11(2)7-5-10(6-8-11)4-3-9-12/h10,12H,3-9H2,1-2H3/q+1. The molecule has 1 aliphatic heterocycles. The van der Waals surface area contributed by atoms with Gasteiger partial charge in [-0.3, -0.25) is 0 Å². The lowest BCUT2D eigenvalue weighted by molar-refractivity contribution is -0.896. The van der Waals surface area contributed by atoms with Crippen LogP contribution in [-0.4, -0.2) is 43.4 Å². The highest BCUT2D eigenvalue weighted by Crippen LogP contribution is 2.23. The summed E-state index contributed by atoms with van der Waals surface area (Å²) < 4.78 is 1.19. The molecule has 0 unspecified atom stereocenters. The summed E-state index contributed by atoms with van der Waals surface area (Å²) in [6.45, 7) is 3.00. The highest BCUT2D eigenvalue weighted by Gasteiger charge is 2.25. The molecule has 0 bridgehead atoms. The summed E-state index contributed by atoms with van der Waals surface area (Å²) in [5.41, 5.74) is 0. The van der Waals surface area contributed by atoms with Gasteiger partial charge in [-0.1, -0.05) is 0 Å². The second kappa shape index (κ2) is 4.24. The Bertz CT molecular complexity index is 124. The summed E-state index contributed by atoms with van der Waals surface area (Å²) in [4.78, 5) is 0. The van der Waals surface area contributed by atoms with Gasteiger partial charge in [-0.15, -0.1) is 0 Å². The summed E-state index contributed by atoms with van der Waals surface area (Å²) in [7, 11) is 4.62. The van der Waals surface area contributed by atoms with Gasteiger partial charge >= 0.3 is 0 Å². The Morgan fingerprint density at radius 2 is 1.83 bits per heavy atom. The fourth-order valence-corrected chi connectivity index (χ4v) is 1.99. The van der Waals surface area contributed by atoms with E-state index in [1.165, 1.54) is 36.8 Å². The SMILES string of the molecule is C[N+]1(C)CCC(CCCO)CC1. The Morgan fingerprint density at radius 1 is 1.25 bits per heavy atom. The normalized spacial score (nSPS) is 24.2. The van der Waals surface area contributed by atoms with Gasteiger partial charge in [0.15, 0.2) is 0 Å². The van der Waals surface area contributed by atoms with Crippen LogP contribution in [0.25, 0.3) is 0 Å². The first-order valence-corrected chi connectivity index (χ1v) is 5.07. The van der Waals surface area contributed by atoms with Crippen molar-refractivity contribution in [3.63, 3.8) is 0 Å². The number of aliphatic hydroxyl groups excluding tert-OH is 1. The number of aliphatic hydroxyl groups is 1. The first-order chi connectivity index (χ1) is 5.64. The van der Waals surface area contributed by atoms with E-state index in [2.05, 4.69) is 14.1 Å². The van der Waals surface area contributed by atoms with Crippen molar-refractivity contribution in [1.82, 2.24) is 0 Å². The monoisotopic (exact) mass is 172 g/mol. The molecule has 1 saturated heterocycles. The molecule has 1 rings (SSSR count). The lowest BCUT2D eigenvalue weighted by Crippen LogP contribution is -2.46. The number of hydrogen-bond donors (Lipinski definition) is 1. The van der Waals surface area contributed by atoms with E-state index in [1.54, 1.807) is 0 Å². The van der Waals surface area contributed by atoms with Crippen molar-refractivity contribution < 1.29 is 9.59 Å². The molecular weight excluding hydrogens is 150 g/mol. The number of rotatable bonds is 3. The third kappa shape index (κ3) is 3.11. The third-order valence-corrected chi connectivity index (χ3v) is 3.06. The van der Waals surface area contributed by atoms with Crippen LogP contribution in [0.2, 0.25) is 0 Å². The molecule has 1 aliphatic rings. The van der Waals surface area contributed by atoms with E-state index in [0.717, 1.165) is 12.3 Å². The van der Waals surface area contributed by atoms with Crippen LogP contribution >= 0.6 is 0 Å². The van der Waals surface area contributed by atoms with E-state index in [9.17, 15) is 0 Å². The Kier molecular flexibility index (Phi) is 3.53. The second-order valence-electron chi connectivity index (χ2n) is 4.69. The number of quaternary nitrogens is 1. The Balaban J connectivity index is 2.18. The molecule has 0 saturated carbocycles. The van der Waals surface area contributed by atoms with Crippen molar-refractivity contribution in [2.75, 3.05) is 33.8 Å². The topological polar surface area (TPSA) is 20.2 Å². The van der Waals surface area contributed by atoms with Gasteiger partial charge in [0, 0.05) is 6.61 Å². The van der Waals surface area contributed by atoms with Crippen LogP contribution in [0.5, 0.6) is 0 Å². The molecule has 0 amide bonds. The summed E-state index contributed by atoms with van der Waals surface area (Å²) in [5, 5.41) is 8.70. The zero-order valence-electron chi connectivity index (χ0n) is 8.42. The molecule has 1 heterocycles. The van der Waals surface area contributed by atoms with Crippen molar-refractivity contribution in [2.24, 2.45) is 5.92 Å². The maximum Gasteiger partial charge on any atom is 0.0785 e. The molecule has 2 heteroatoms. The molecule has 72 valence electrons. The zero-order valence-corrected chi connectivity index (χ0v) is 8.42. The highest BCUT2D eigenvalue weighted by atomic mass is 16.2.